The van der Waals surface area contributed by atoms with Crippen molar-refractivity contribution in [1.29, 1.82) is 0 Å². The van der Waals surface area contributed by atoms with E-state index in [-0.39, 0.29) is 11.6 Å². The third-order valence-corrected chi connectivity index (χ3v) is 7.60. The van der Waals surface area contributed by atoms with Gasteiger partial charge in [-0.25, -0.2) is 8.78 Å². The summed E-state index contributed by atoms with van der Waals surface area (Å²) in [7, 11) is 0. The molecule has 0 aliphatic carbocycles. The Morgan fingerprint density at radius 2 is 1.11 bits per heavy atom. The molecule has 0 unspecified atom stereocenters. The van der Waals surface area contributed by atoms with Crippen molar-refractivity contribution in [2.24, 2.45) is 0 Å². The van der Waals surface area contributed by atoms with Gasteiger partial charge in [0.05, 0.1) is 24.5 Å². The summed E-state index contributed by atoms with van der Waals surface area (Å²) in [4.78, 5) is 4.77. The Morgan fingerprint density at radius 1 is 0.694 bits per heavy atom. The number of benzene rings is 2. The molecule has 2 fully saturated rings. The summed E-state index contributed by atoms with van der Waals surface area (Å²) in [6, 6.07) is 9.28. The van der Waals surface area contributed by atoms with Crippen LogP contribution in [0.25, 0.3) is 21.9 Å². The number of halogens is 2. The van der Waals surface area contributed by atoms with E-state index in [0.717, 1.165) is 87.1 Å². The van der Waals surface area contributed by atoms with Gasteiger partial charge in [-0.1, -0.05) is 22.2 Å². The van der Waals surface area contributed by atoms with Crippen LogP contribution in [0.1, 0.15) is 48.9 Å². The Bertz CT molecular complexity index is 1310. The van der Waals surface area contributed by atoms with Gasteiger partial charge < -0.3 is 9.05 Å². The monoisotopic (exact) mass is 490 g/mol. The minimum Gasteiger partial charge on any atom is -0.356 e. The molecule has 2 aliphatic heterocycles. The predicted octanol–water partition coefficient (Wildman–Crippen LogP) is 5.31. The highest BCUT2D eigenvalue weighted by Gasteiger charge is 2.26. The van der Waals surface area contributed by atoms with Gasteiger partial charge in [0.15, 0.2) is 11.2 Å². The largest absolute Gasteiger partial charge is 0.356 e. The first kappa shape index (κ1) is 23.1. The van der Waals surface area contributed by atoms with Gasteiger partial charge in [-0.3, -0.25) is 9.80 Å². The Morgan fingerprint density at radius 3 is 1.53 bits per heavy atom. The first-order chi connectivity index (χ1) is 17.6. The molecule has 2 aromatic carbocycles. The molecule has 186 valence electrons. The summed E-state index contributed by atoms with van der Waals surface area (Å²) < 4.78 is 37.5. The second kappa shape index (κ2) is 10.00. The minimum atomic E-state index is -0.302. The molecule has 0 amide bonds. The summed E-state index contributed by atoms with van der Waals surface area (Å²) in [6.07, 6.45) is 3.99. The van der Waals surface area contributed by atoms with Crippen molar-refractivity contribution < 1.29 is 17.8 Å². The molecule has 6 nitrogen and oxygen atoms in total. The van der Waals surface area contributed by atoms with Gasteiger partial charge in [0, 0.05) is 34.7 Å². The van der Waals surface area contributed by atoms with Gasteiger partial charge in [-0.05, 0) is 76.1 Å². The van der Waals surface area contributed by atoms with Gasteiger partial charge in [-0.2, -0.15) is 0 Å². The highest BCUT2D eigenvalue weighted by atomic mass is 19.1. The highest BCUT2D eigenvalue weighted by Crippen LogP contribution is 2.34. The zero-order valence-corrected chi connectivity index (χ0v) is 20.1. The van der Waals surface area contributed by atoms with Crippen LogP contribution in [0, 0.1) is 23.5 Å². The predicted molar refractivity (Wildman–Crippen MR) is 133 cm³/mol. The third kappa shape index (κ3) is 4.73. The van der Waals surface area contributed by atoms with Gasteiger partial charge in [0.25, 0.3) is 0 Å². The van der Waals surface area contributed by atoms with E-state index in [1.807, 2.05) is 0 Å². The maximum Gasteiger partial charge on any atom is 0.170 e. The normalized spacial score (nSPS) is 18.6. The van der Waals surface area contributed by atoms with Crippen molar-refractivity contribution in [3.8, 4) is 11.8 Å². The lowest BCUT2D eigenvalue weighted by Crippen LogP contribution is -2.34. The average Bonchev–Trinajstić information content (AvgIpc) is 3.51. The number of nitrogens with zero attached hydrogens (tertiary/aromatic N) is 4. The van der Waals surface area contributed by atoms with E-state index >= 15 is 0 Å². The quantitative estimate of drug-likeness (QED) is 0.362. The molecule has 0 spiro atoms. The lowest BCUT2D eigenvalue weighted by molar-refractivity contribution is 0.228. The van der Waals surface area contributed by atoms with Crippen LogP contribution >= 0.6 is 0 Å². The molecule has 8 heteroatoms. The number of hydrogen-bond donors (Lipinski definition) is 0. The number of likely N-dealkylation sites (tertiary alicyclic amines) is 2. The van der Waals surface area contributed by atoms with E-state index in [0.29, 0.717) is 23.0 Å². The molecule has 0 atom stereocenters. The van der Waals surface area contributed by atoms with E-state index in [1.54, 1.807) is 12.1 Å². The molecule has 4 heterocycles. The van der Waals surface area contributed by atoms with Gasteiger partial charge in [0.2, 0.25) is 0 Å². The van der Waals surface area contributed by atoms with Crippen LogP contribution in [0.15, 0.2) is 45.4 Å². The maximum atomic E-state index is 13.4. The van der Waals surface area contributed by atoms with Crippen LogP contribution < -0.4 is 0 Å². The van der Waals surface area contributed by atoms with E-state index in [2.05, 4.69) is 32.0 Å². The number of hydrogen-bond acceptors (Lipinski definition) is 6. The summed E-state index contributed by atoms with van der Waals surface area (Å²) >= 11 is 0. The second-order valence-electron chi connectivity index (χ2n) is 9.87. The van der Waals surface area contributed by atoms with Gasteiger partial charge in [-0.15, -0.1) is 0 Å². The molecular weight excluding hydrogens is 462 g/mol. The van der Waals surface area contributed by atoms with Crippen LogP contribution in [0.2, 0.25) is 0 Å². The molecule has 0 bridgehead atoms. The highest BCUT2D eigenvalue weighted by molar-refractivity contribution is 5.80. The Labute approximate surface area is 208 Å². The molecule has 6 rings (SSSR count). The fraction of sp³-hybridized carbons (Fsp3) is 0.429. The van der Waals surface area contributed by atoms with Crippen LogP contribution in [0.5, 0.6) is 0 Å². The van der Waals surface area contributed by atoms with Gasteiger partial charge in [0.1, 0.15) is 11.6 Å². The molecule has 4 aromatic rings. The zero-order valence-electron chi connectivity index (χ0n) is 20.1. The van der Waals surface area contributed by atoms with Crippen molar-refractivity contribution in [3.05, 3.63) is 59.4 Å². The Balaban J connectivity index is 0.955. The topological polar surface area (TPSA) is 58.5 Å². The fourth-order valence-electron chi connectivity index (χ4n) is 5.51. The number of aromatic nitrogens is 2. The van der Waals surface area contributed by atoms with E-state index in [1.165, 1.54) is 24.3 Å². The van der Waals surface area contributed by atoms with E-state index in [4.69, 9.17) is 9.05 Å². The minimum absolute atomic E-state index is 0.302. The summed E-state index contributed by atoms with van der Waals surface area (Å²) in [6.45, 7) is 5.42. The van der Waals surface area contributed by atoms with Crippen molar-refractivity contribution in [3.63, 3.8) is 0 Å². The summed E-state index contributed by atoms with van der Waals surface area (Å²) in [5.74, 6) is 6.77. The number of piperidine rings is 2. The van der Waals surface area contributed by atoms with Crippen LogP contribution in [-0.4, -0.2) is 59.4 Å². The Kier molecular flexibility index (Phi) is 6.43. The molecule has 36 heavy (non-hydrogen) atoms. The molecule has 2 saturated heterocycles. The molecule has 2 aromatic heterocycles. The van der Waals surface area contributed by atoms with Crippen LogP contribution in [0.3, 0.4) is 0 Å². The standard InChI is InChI=1S/C28H28F2N4O2/c29-21-3-5-23-25(17-21)35-31-27(23)19-7-13-33(14-8-19)11-1-2-12-34-15-9-20(10-16-34)28-24-6-4-22(30)18-26(24)36-32-28/h3-6,17-20H,7-16H2. The van der Waals surface area contributed by atoms with Crippen molar-refractivity contribution in [2.75, 3.05) is 39.3 Å². The van der Waals surface area contributed by atoms with E-state index in [9.17, 15) is 8.78 Å². The summed E-state index contributed by atoms with van der Waals surface area (Å²) in [5, 5.41) is 10.3. The maximum absolute atomic E-state index is 13.4. The molecule has 0 saturated carbocycles. The van der Waals surface area contributed by atoms with E-state index < -0.39 is 0 Å². The summed E-state index contributed by atoms with van der Waals surface area (Å²) in [5.41, 5.74) is 2.94. The fourth-order valence-corrected chi connectivity index (χ4v) is 5.51. The third-order valence-electron chi connectivity index (χ3n) is 7.60. The van der Waals surface area contributed by atoms with Crippen molar-refractivity contribution in [2.45, 2.75) is 37.5 Å². The first-order valence-corrected chi connectivity index (χ1v) is 12.6. The Hall–Kier alpha value is -3.28. The molecular formula is C28H28F2N4O2. The van der Waals surface area contributed by atoms with Crippen molar-refractivity contribution in [1.82, 2.24) is 20.1 Å². The molecule has 2 aliphatic rings. The van der Waals surface area contributed by atoms with Crippen LogP contribution in [-0.2, 0) is 0 Å². The van der Waals surface area contributed by atoms with Gasteiger partial charge >= 0.3 is 0 Å². The number of rotatable bonds is 4. The first-order valence-electron chi connectivity index (χ1n) is 12.6. The SMILES string of the molecule is Fc1ccc2c(C3CCN(CC#CCN4CCC(c5noc6cc(F)ccc56)CC4)CC3)noc2c1. The smallest absolute Gasteiger partial charge is 0.170 e. The molecule has 0 radical (unpaired) electrons. The average molecular weight is 491 g/mol. The lowest BCUT2D eigenvalue weighted by atomic mass is 9.91. The molecule has 0 N–H and O–H groups in total. The van der Waals surface area contributed by atoms with Crippen LogP contribution in [0.4, 0.5) is 8.78 Å². The zero-order chi connectivity index (χ0) is 24.5. The number of fused-ring (bicyclic) bond motifs is 2. The second-order valence-corrected chi connectivity index (χ2v) is 9.87. The lowest BCUT2D eigenvalue weighted by Gasteiger charge is -2.30. The van der Waals surface area contributed by atoms with Crippen molar-refractivity contribution >= 4 is 21.9 Å².